The van der Waals surface area contributed by atoms with E-state index < -0.39 is 6.97 Å². The molecule has 3 nitrogen and oxygen atoms in total. The Morgan fingerprint density at radius 1 is 1.18 bits per heavy atom. The van der Waals surface area contributed by atoms with Crippen molar-refractivity contribution in [3.05, 3.63) is 75.2 Å². The van der Waals surface area contributed by atoms with E-state index in [-0.39, 0.29) is 0 Å². The van der Waals surface area contributed by atoms with E-state index in [0.29, 0.717) is 35.1 Å². The molecule has 0 fully saturated rings. The summed E-state index contributed by atoms with van der Waals surface area (Å²) in [5, 5.41) is 0.653. The van der Waals surface area contributed by atoms with Crippen LogP contribution >= 0.6 is 11.6 Å². The molecular weight excluding hydrogens is 379 g/mol. The summed E-state index contributed by atoms with van der Waals surface area (Å²) in [6.07, 6.45) is 8.91. The van der Waals surface area contributed by atoms with Gasteiger partial charge in [0.15, 0.2) is 5.70 Å². The highest BCUT2D eigenvalue weighted by Crippen LogP contribution is 2.40. The van der Waals surface area contributed by atoms with Crippen molar-refractivity contribution in [2.45, 2.75) is 20.3 Å². The van der Waals surface area contributed by atoms with Crippen molar-refractivity contribution in [3.8, 4) is 0 Å². The van der Waals surface area contributed by atoms with Crippen LogP contribution < -0.4 is 5.73 Å². The monoisotopic (exact) mass is 399 g/mol. The maximum atomic E-state index is 15.4. The number of halogens is 3. The zero-order chi connectivity index (χ0) is 20.1. The number of benzene rings is 1. The van der Waals surface area contributed by atoms with E-state index in [0.717, 1.165) is 26.7 Å². The molecule has 7 heteroatoms. The van der Waals surface area contributed by atoms with Gasteiger partial charge in [-0.1, -0.05) is 29.8 Å². The van der Waals surface area contributed by atoms with Crippen LogP contribution in [0, 0.1) is 13.8 Å². The smallest absolute Gasteiger partial charge is 0.390 e. The third-order valence-corrected chi connectivity index (χ3v) is 5.72. The number of nitrogens with zero attached hydrogens (tertiary/aromatic N) is 2. The van der Waals surface area contributed by atoms with E-state index in [1.54, 1.807) is 24.3 Å². The number of fused-ring (bicyclic) bond motifs is 2. The molecule has 28 heavy (non-hydrogen) atoms. The molecule has 0 radical (unpaired) electrons. The molecule has 2 N–H and O–H groups in total. The second-order valence-corrected chi connectivity index (χ2v) is 7.63. The van der Waals surface area contributed by atoms with Crippen molar-refractivity contribution in [2.24, 2.45) is 5.73 Å². The first-order chi connectivity index (χ1) is 13.3. The fraction of sp³-hybridized carbons (Fsp3) is 0.190. The lowest BCUT2D eigenvalue weighted by molar-refractivity contribution is -0.356. The number of aryl methyl sites for hydroxylation is 2. The van der Waals surface area contributed by atoms with Gasteiger partial charge in [-0.25, -0.2) is 0 Å². The van der Waals surface area contributed by atoms with Gasteiger partial charge in [0.05, 0.1) is 0 Å². The van der Waals surface area contributed by atoms with Gasteiger partial charge in [-0.15, -0.1) is 0 Å². The fourth-order valence-electron chi connectivity index (χ4n) is 3.98. The summed E-state index contributed by atoms with van der Waals surface area (Å²) in [6, 6.07) is 7.47. The Morgan fingerprint density at radius 2 is 1.96 bits per heavy atom. The molecule has 0 bridgehead atoms. The average Bonchev–Trinajstić information content (AvgIpc) is 3.26. The normalized spacial score (nSPS) is 17.3. The predicted octanol–water partition coefficient (Wildman–Crippen LogP) is 4.88. The van der Waals surface area contributed by atoms with Crippen LogP contribution in [0.4, 0.5) is 8.63 Å². The van der Waals surface area contributed by atoms with E-state index in [1.807, 2.05) is 38.1 Å². The lowest BCUT2D eigenvalue weighted by atomic mass is 9.86. The van der Waals surface area contributed by atoms with Crippen molar-refractivity contribution in [1.29, 1.82) is 0 Å². The van der Waals surface area contributed by atoms with Crippen LogP contribution in [0.15, 0.2) is 42.1 Å². The molecule has 0 atom stereocenters. The lowest BCUT2D eigenvalue weighted by Gasteiger charge is -2.32. The van der Waals surface area contributed by atoms with Crippen LogP contribution in [0.3, 0.4) is 0 Å². The molecular formula is C21H21BClF2N3. The third-order valence-electron chi connectivity index (χ3n) is 5.31. The summed E-state index contributed by atoms with van der Waals surface area (Å²) in [6.45, 7) is 0.210. The molecule has 1 aromatic heterocycles. The quantitative estimate of drug-likeness (QED) is 0.731. The first-order valence-corrected chi connectivity index (χ1v) is 9.64. The van der Waals surface area contributed by atoms with Gasteiger partial charge in [-0.05, 0) is 61.7 Å². The molecule has 1 aromatic carbocycles. The number of hydrogen-bond donors (Lipinski definition) is 1. The SMILES string of the molecule is Cc1ccc(/C=C/c2cc(C)c3n2[B-](F)(F)[N+]2=CC=CC2=C3CCN)cc1Cl. The maximum Gasteiger partial charge on any atom is 0.737 e. The summed E-state index contributed by atoms with van der Waals surface area (Å²) in [7, 11) is 0. The average molecular weight is 400 g/mol. The van der Waals surface area contributed by atoms with Gasteiger partial charge in [-0.3, -0.25) is 0 Å². The minimum Gasteiger partial charge on any atom is -0.390 e. The van der Waals surface area contributed by atoms with Gasteiger partial charge < -0.3 is 23.3 Å². The fourth-order valence-corrected chi connectivity index (χ4v) is 4.17. The standard InChI is InChI=1S/C21H21BClF2N3/c1-14-5-6-16(13-19(14)23)7-8-17-12-15(2)21-18(9-10-26)20-4-3-11-27(20)22(24,25)28(17)21/h3-8,11-13H,9-10,26H2,1-2H3/b8-7+. The van der Waals surface area contributed by atoms with Crippen LogP contribution in [-0.4, -0.2) is 28.7 Å². The molecule has 2 aliphatic rings. The summed E-state index contributed by atoms with van der Waals surface area (Å²) >= 11 is 6.18. The minimum absolute atomic E-state index is 0.400. The minimum atomic E-state index is -3.98. The molecule has 0 unspecified atom stereocenters. The second kappa shape index (κ2) is 6.87. The zero-order valence-electron chi connectivity index (χ0n) is 15.8. The van der Waals surface area contributed by atoms with Crippen LogP contribution in [0.25, 0.3) is 17.7 Å². The highest BCUT2D eigenvalue weighted by Gasteiger charge is 2.52. The molecule has 0 saturated carbocycles. The molecule has 0 spiro atoms. The predicted molar refractivity (Wildman–Crippen MR) is 114 cm³/mol. The zero-order valence-corrected chi connectivity index (χ0v) is 16.5. The largest absolute Gasteiger partial charge is 0.737 e. The molecule has 144 valence electrons. The van der Waals surface area contributed by atoms with E-state index >= 15 is 8.63 Å². The van der Waals surface area contributed by atoms with E-state index in [1.165, 1.54) is 10.7 Å². The number of aromatic nitrogens is 1. The van der Waals surface area contributed by atoms with Gasteiger partial charge in [-0.2, -0.15) is 0 Å². The highest BCUT2D eigenvalue weighted by molar-refractivity contribution is 6.58. The molecule has 2 aliphatic heterocycles. The van der Waals surface area contributed by atoms with Crippen LogP contribution in [0.5, 0.6) is 0 Å². The Kier molecular flexibility index (Phi) is 4.64. The van der Waals surface area contributed by atoms with E-state index in [4.69, 9.17) is 17.3 Å². The van der Waals surface area contributed by atoms with Crippen molar-refractivity contribution in [3.63, 3.8) is 0 Å². The van der Waals surface area contributed by atoms with Gasteiger partial charge in [0.25, 0.3) is 0 Å². The van der Waals surface area contributed by atoms with Gasteiger partial charge >= 0.3 is 6.97 Å². The highest BCUT2D eigenvalue weighted by atomic mass is 35.5. The van der Waals surface area contributed by atoms with Crippen LogP contribution in [-0.2, 0) is 0 Å². The van der Waals surface area contributed by atoms with Gasteiger partial charge in [0, 0.05) is 34.1 Å². The van der Waals surface area contributed by atoms with Crippen LogP contribution in [0.2, 0.25) is 5.02 Å². The summed E-state index contributed by atoms with van der Waals surface area (Å²) in [5.74, 6) is 0. The Morgan fingerprint density at radius 3 is 2.68 bits per heavy atom. The molecule has 4 rings (SSSR count). The summed E-state index contributed by atoms with van der Waals surface area (Å²) < 4.78 is 33.1. The van der Waals surface area contributed by atoms with Crippen molar-refractivity contribution < 1.29 is 13.1 Å². The first-order valence-electron chi connectivity index (χ1n) is 9.26. The van der Waals surface area contributed by atoms with E-state index in [9.17, 15) is 0 Å². The van der Waals surface area contributed by atoms with Crippen molar-refractivity contribution in [1.82, 2.24) is 4.48 Å². The molecule has 3 heterocycles. The Labute approximate surface area is 168 Å². The number of allylic oxidation sites excluding steroid dienone is 2. The summed E-state index contributed by atoms with van der Waals surface area (Å²) in [4.78, 5) is 0. The molecule has 0 amide bonds. The lowest BCUT2D eigenvalue weighted by Crippen LogP contribution is -2.50. The maximum absolute atomic E-state index is 15.4. The van der Waals surface area contributed by atoms with E-state index in [2.05, 4.69) is 0 Å². The second-order valence-electron chi connectivity index (χ2n) is 7.22. The first kappa shape index (κ1) is 18.9. The Hall–Kier alpha value is -2.44. The van der Waals surface area contributed by atoms with Crippen molar-refractivity contribution in [2.75, 3.05) is 6.54 Å². The number of hydrogen-bond acceptors (Lipinski definition) is 1. The Bertz CT molecular complexity index is 1090. The van der Waals surface area contributed by atoms with Gasteiger partial charge in [0.2, 0.25) is 0 Å². The molecule has 2 aromatic rings. The van der Waals surface area contributed by atoms with Gasteiger partial charge in [0.1, 0.15) is 6.21 Å². The topological polar surface area (TPSA) is 34.0 Å². The number of rotatable bonds is 4. The van der Waals surface area contributed by atoms with Crippen molar-refractivity contribution >= 4 is 42.5 Å². The van der Waals surface area contributed by atoms with Crippen LogP contribution in [0.1, 0.15) is 34.5 Å². The third kappa shape index (κ3) is 2.88. The molecule has 0 saturated heterocycles. The molecule has 0 aliphatic carbocycles. The summed E-state index contributed by atoms with van der Waals surface area (Å²) in [5.41, 5.74) is 10.9. The Balaban J connectivity index is 1.86. The number of nitrogens with two attached hydrogens (primary N) is 1.